The van der Waals surface area contributed by atoms with Crippen LogP contribution >= 0.6 is 23.2 Å². The summed E-state index contributed by atoms with van der Waals surface area (Å²) < 4.78 is 0. The normalized spacial score (nSPS) is 18.0. The first kappa shape index (κ1) is 19.7. The molecule has 2 N–H and O–H groups in total. The number of hydrogen-bond acceptors (Lipinski definition) is 2. The van der Waals surface area contributed by atoms with Crippen molar-refractivity contribution in [2.24, 2.45) is 5.92 Å². The highest BCUT2D eigenvalue weighted by Crippen LogP contribution is 2.50. The molecule has 1 saturated carbocycles. The SMILES string of the molecule is CCCC(=O)Nc1cccc(CNC(=O)C2CC2c2cccc(Cl)c2Cl)c1. The van der Waals surface area contributed by atoms with Crippen LogP contribution in [0.4, 0.5) is 5.69 Å². The summed E-state index contributed by atoms with van der Waals surface area (Å²) in [5, 5.41) is 6.89. The fraction of sp³-hybridized carbons (Fsp3) is 0.333. The number of amides is 2. The van der Waals surface area contributed by atoms with E-state index in [9.17, 15) is 9.59 Å². The summed E-state index contributed by atoms with van der Waals surface area (Å²) in [6.45, 7) is 2.38. The van der Waals surface area contributed by atoms with E-state index in [1.807, 2.05) is 43.3 Å². The summed E-state index contributed by atoms with van der Waals surface area (Å²) in [6.07, 6.45) is 2.08. The van der Waals surface area contributed by atoms with Gasteiger partial charge in [-0.15, -0.1) is 0 Å². The molecule has 1 fully saturated rings. The summed E-state index contributed by atoms with van der Waals surface area (Å²) in [4.78, 5) is 24.2. The molecule has 4 nitrogen and oxygen atoms in total. The van der Waals surface area contributed by atoms with E-state index in [1.165, 1.54) is 0 Å². The first-order valence-electron chi connectivity index (χ1n) is 9.10. The monoisotopic (exact) mass is 404 g/mol. The summed E-state index contributed by atoms with van der Waals surface area (Å²) in [5.41, 5.74) is 2.62. The van der Waals surface area contributed by atoms with Crippen molar-refractivity contribution in [3.05, 3.63) is 63.6 Å². The van der Waals surface area contributed by atoms with Gasteiger partial charge in [-0.1, -0.05) is 54.4 Å². The van der Waals surface area contributed by atoms with Crippen LogP contribution in [0, 0.1) is 5.92 Å². The molecule has 2 aromatic carbocycles. The standard InChI is InChI=1S/C21H22Cl2N2O2/c1-2-5-19(26)25-14-7-3-6-13(10-14)12-24-21(27)17-11-16(17)15-8-4-9-18(22)20(15)23/h3-4,6-10,16-17H,2,5,11-12H2,1H3,(H,24,27)(H,25,26). The van der Waals surface area contributed by atoms with Gasteiger partial charge in [0.2, 0.25) is 11.8 Å². The minimum atomic E-state index is -0.0755. The molecular formula is C21H22Cl2N2O2. The minimum absolute atomic E-state index is 0.00194. The van der Waals surface area contributed by atoms with E-state index in [4.69, 9.17) is 23.2 Å². The Balaban J connectivity index is 1.54. The third kappa shape index (κ3) is 5.02. The summed E-state index contributed by atoms with van der Waals surface area (Å²) in [7, 11) is 0. The maximum atomic E-state index is 12.4. The van der Waals surface area contributed by atoms with Gasteiger partial charge in [0.1, 0.15) is 0 Å². The van der Waals surface area contributed by atoms with Crippen LogP contribution in [-0.4, -0.2) is 11.8 Å². The Hall–Kier alpha value is -2.04. The number of benzene rings is 2. The van der Waals surface area contributed by atoms with Gasteiger partial charge in [-0.2, -0.15) is 0 Å². The predicted molar refractivity (Wildman–Crippen MR) is 109 cm³/mol. The summed E-state index contributed by atoms with van der Waals surface area (Å²) in [5.74, 6) is 0.0543. The molecule has 1 aliphatic rings. The van der Waals surface area contributed by atoms with E-state index in [0.717, 1.165) is 29.7 Å². The molecule has 0 heterocycles. The number of carbonyl (C=O) groups excluding carboxylic acids is 2. The van der Waals surface area contributed by atoms with Crippen molar-refractivity contribution in [3.8, 4) is 0 Å². The quantitative estimate of drug-likeness (QED) is 0.669. The molecule has 0 saturated heterocycles. The van der Waals surface area contributed by atoms with Gasteiger partial charge in [-0.3, -0.25) is 9.59 Å². The zero-order valence-electron chi connectivity index (χ0n) is 15.1. The van der Waals surface area contributed by atoms with Crippen LogP contribution in [0.5, 0.6) is 0 Å². The molecule has 0 bridgehead atoms. The van der Waals surface area contributed by atoms with E-state index >= 15 is 0 Å². The van der Waals surface area contributed by atoms with Crippen molar-refractivity contribution >= 4 is 40.7 Å². The molecular weight excluding hydrogens is 383 g/mol. The third-order valence-corrected chi connectivity index (χ3v) is 5.50. The van der Waals surface area contributed by atoms with Crippen LogP contribution in [0.2, 0.25) is 10.0 Å². The van der Waals surface area contributed by atoms with Crippen molar-refractivity contribution in [2.45, 2.75) is 38.6 Å². The van der Waals surface area contributed by atoms with Crippen LogP contribution in [0.25, 0.3) is 0 Å². The maximum Gasteiger partial charge on any atom is 0.224 e. The maximum absolute atomic E-state index is 12.4. The lowest BCUT2D eigenvalue weighted by Gasteiger charge is -2.09. The Morgan fingerprint density at radius 2 is 1.93 bits per heavy atom. The molecule has 0 spiro atoms. The number of hydrogen-bond donors (Lipinski definition) is 2. The first-order valence-corrected chi connectivity index (χ1v) is 9.85. The Morgan fingerprint density at radius 1 is 1.15 bits per heavy atom. The first-order chi connectivity index (χ1) is 13.0. The Labute approximate surface area is 169 Å². The molecule has 142 valence electrons. The fourth-order valence-electron chi connectivity index (χ4n) is 3.17. The molecule has 0 aromatic heterocycles. The van der Waals surface area contributed by atoms with Gasteiger partial charge in [-0.05, 0) is 48.1 Å². The van der Waals surface area contributed by atoms with Gasteiger partial charge >= 0.3 is 0 Å². The lowest BCUT2D eigenvalue weighted by molar-refractivity contribution is -0.122. The molecule has 2 unspecified atom stereocenters. The molecule has 2 aromatic rings. The Morgan fingerprint density at radius 3 is 2.70 bits per heavy atom. The van der Waals surface area contributed by atoms with E-state index in [-0.39, 0.29) is 23.7 Å². The van der Waals surface area contributed by atoms with Gasteiger partial charge in [0.05, 0.1) is 10.0 Å². The number of nitrogens with one attached hydrogen (secondary N) is 2. The number of rotatable bonds is 7. The average Bonchev–Trinajstić information content (AvgIpc) is 3.43. The van der Waals surface area contributed by atoms with E-state index in [0.29, 0.717) is 23.0 Å². The van der Waals surface area contributed by atoms with Gasteiger partial charge < -0.3 is 10.6 Å². The van der Waals surface area contributed by atoms with Gasteiger partial charge in [0, 0.05) is 24.6 Å². The van der Waals surface area contributed by atoms with Crippen molar-refractivity contribution in [1.29, 1.82) is 0 Å². The fourth-order valence-corrected chi connectivity index (χ4v) is 3.61. The van der Waals surface area contributed by atoms with Crippen molar-refractivity contribution < 1.29 is 9.59 Å². The zero-order chi connectivity index (χ0) is 19.4. The van der Waals surface area contributed by atoms with Gasteiger partial charge in [-0.25, -0.2) is 0 Å². The van der Waals surface area contributed by atoms with Crippen molar-refractivity contribution in [2.75, 3.05) is 5.32 Å². The van der Waals surface area contributed by atoms with Crippen LogP contribution in [-0.2, 0) is 16.1 Å². The number of halogens is 2. The average molecular weight is 405 g/mol. The van der Waals surface area contributed by atoms with E-state index in [1.54, 1.807) is 6.07 Å². The summed E-state index contributed by atoms with van der Waals surface area (Å²) >= 11 is 12.3. The Kier molecular flexibility index (Phi) is 6.40. The molecule has 6 heteroatoms. The molecule has 2 amide bonds. The molecule has 1 aliphatic carbocycles. The van der Waals surface area contributed by atoms with E-state index < -0.39 is 0 Å². The highest BCUT2D eigenvalue weighted by atomic mass is 35.5. The summed E-state index contributed by atoms with van der Waals surface area (Å²) in [6, 6.07) is 13.0. The topological polar surface area (TPSA) is 58.2 Å². The molecule has 2 atom stereocenters. The van der Waals surface area contributed by atoms with Crippen LogP contribution in [0.15, 0.2) is 42.5 Å². The Bertz CT molecular complexity index is 854. The lowest BCUT2D eigenvalue weighted by Crippen LogP contribution is -2.25. The van der Waals surface area contributed by atoms with E-state index in [2.05, 4.69) is 10.6 Å². The van der Waals surface area contributed by atoms with Gasteiger partial charge in [0.25, 0.3) is 0 Å². The van der Waals surface area contributed by atoms with Crippen LogP contribution < -0.4 is 10.6 Å². The molecule has 0 aliphatic heterocycles. The van der Waals surface area contributed by atoms with Gasteiger partial charge in [0.15, 0.2) is 0 Å². The molecule has 27 heavy (non-hydrogen) atoms. The zero-order valence-corrected chi connectivity index (χ0v) is 16.6. The predicted octanol–water partition coefficient (Wildman–Crippen LogP) is 5.15. The number of anilines is 1. The highest BCUT2D eigenvalue weighted by Gasteiger charge is 2.44. The lowest BCUT2D eigenvalue weighted by atomic mass is 10.1. The molecule has 3 rings (SSSR count). The second kappa shape index (κ2) is 8.77. The third-order valence-electron chi connectivity index (χ3n) is 4.66. The van der Waals surface area contributed by atoms with Crippen LogP contribution in [0.3, 0.4) is 0 Å². The largest absolute Gasteiger partial charge is 0.352 e. The second-order valence-electron chi connectivity index (χ2n) is 6.81. The second-order valence-corrected chi connectivity index (χ2v) is 7.59. The number of carbonyl (C=O) groups is 2. The smallest absolute Gasteiger partial charge is 0.224 e. The molecule has 0 radical (unpaired) electrons. The minimum Gasteiger partial charge on any atom is -0.352 e. The van der Waals surface area contributed by atoms with Crippen molar-refractivity contribution in [1.82, 2.24) is 5.32 Å². The van der Waals surface area contributed by atoms with Crippen molar-refractivity contribution in [3.63, 3.8) is 0 Å². The highest BCUT2D eigenvalue weighted by molar-refractivity contribution is 6.42. The van der Waals surface area contributed by atoms with Crippen LogP contribution in [0.1, 0.15) is 43.2 Å².